The summed E-state index contributed by atoms with van der Waals surface area (Å²) < 4.78 is 1.61. The molecule has 2 aromatic heterocycles. The fourth-order valence-electron chi connectivity index (χ4n) is 1.18. The molecule has 0 amide bonds. The molecule has 0 N–H and O–H groups in total. The van der Waals surface area contributed by atoms with Crippen LogP contribution in [0, 0.1) is 11.3 Å². The van der Waals surface area contributed by atoms with Crippen molar-refractivity contribution in [2.45, 2.75) is 0 Å². The smallest absolute Gasteiger partial charge is 0.154 e. The van der Waals surface area contributed by atoms with Crippen LogP contribution in [0.25, 0.3) is 11.9 Å². The minimum atomic E-state index is 0.565. The molecular formula is C11H8N4. The lowest BCUT2D eigenvalue weighted by Crippen LogP contribution is -1.97. The molecule has 0 atom stereocenters. The fraction of sp³-hybridized carbons (Fsp3) is 0. The van der Waals surface area contributed by atoms with Crippen LogP contribution in [0.3, 0.4) is 0 Å². The summed E-state index contributed by atoms with van der Waals surface area (Å²) in [5, 5.41) is 12.8. The Hall–Kier alpha value is -2.41. The zero-order valence-corrected chi connectivity index (χ0v) is 7.96. The Labute approximate surface area is 87.1 Å². The average Bonchev–Trinajstić information content (AvgIpc) is 2.78. The van der Waals surface area contributed by atoms with Gasteiger partial charge in [-0.25, -0.2) is 9.67 Å². The Bertz CT molecular complexity index is 534. The molecule has 72 valence electrons. The Morgan fingerprint density at radius 2 is 2.40 bits per heavy atom. The van der Waals surface area contributed by atoms with Gasteiger partial charge in [-0.15, -0.1) is 0 Å². The van der Waals surface area contributed by atoms with E-state index in [1.54, 1.807) is 41.5 Å². The van der Waals surface area contributed by atoms with Gasteiger partial charge in [0.2, 0.25) is 0 Å². The Balaban J connectivity index is 2.45. The van der Waals surface area contributed by atoms with E-state index in [4.69, 9.17) is 5.26 Å². The molecule has 0 aromatic carbocycles. The summed E-state index contributed by atoms with van der Waals surface area (Å²) in [4.78, 5) is 4.12. The monoisotopic (exact) mass is 196 g/mol. The molecule has 0 unspecified atom stereocenters. The van der Waals surface area contributed by atoms with Crippen molar-refractivity contribution in [3.63, 3.8) is 0 Å². The first-order valence-corrected chi connectivity index (χ1v) is 4.37. The summed E-state index contributed by atoms with van der Waals surface area (Å²) in [7, 11) is 0. The second-order valence-corrected chi connectivity index (χ2v) is 2.94. The summed E-state index contributed by atoms with van der Waals surface area (Å²) in [6.45, 7) is 3.65. The predicted molar refractivity (Wildman–Crippen MR) is 56.2 cm³/mol. The van der Waals surface area contributed by atoms with Crippen molar-refractivity contribution >= 4 is 6.08 Å². The highest BCUT2D eigenvalue weighted by molar-refractivity contribution is 5.45. The first kappa shape index (κ1) is 9.16. The maximum atomic E-state index is 8.74. The fourth-order valence-corrected chi connectivity index (χ4v) is 1.18. The summed E-state index contributed by atoms with van der Waals surface area (Å²) >= 11 is 0. The van der Waals surface area contributed by atoms with Crippen LogP contribution in [-0.4, -0.2) is 14.8 Å². The third-order valence-electron chi connectivity index (χ3n) is 1.95. The molecule has 2 heterocycles. The third kappa shape index (κ3) is 1.76. The van der Waals surface area contributed by atoms with Crippen LogP contribution in [0.4, 0.5) is 0 Å². The van der Waals surface area contributed by atoms with E-state index in [0.29, 0.717) is 11.4 Å². The zero-order valence-electron chi connectivity index (χ0n) is 7.96. The molecule has 15 heavy (non-hydrogen) atoms. The van der Waals surface area contributed by atoms with Crippen molar-refractivity contribution in [2.24, 2.45) is 0 Å². The van der Waals surface area contributed by atoms with E-state index in [2.05, 4.69) is 22.7 Å². The lowest BCUT2D eigenvalue weighted by Gasteiger charge is -1.98. The van der Waals surface area contributed by atoms with Crippen molar-refractivity contribution in [3.8, 4) is 11.9 Å². The van der Waals surface area contributed by atoms with Gasteiger partial charge in [0.15, 0.2) is 5.82 Å². The van der Waals surface area contributed by atoms with Gasteiger partial charge in [-0.3, -0.25) is 0 Å². The number of hydrogen-bond acceptors (Lipinski definition) is 3. The van der Waals surface area contributed by atoms with E-state index in [1.165, 1.54) is 0 Å². The second-order valence-electron chi connectivity index (χ2n) is 2.94. The van der Waals surface area contributed by atoms with Crippen LogP contribution in [0.1, 0.15) is 11.1 Å². The van der Waals surface area contributed by atoms with Gasteiger partial charge in [-0.2, -0.15) is 10.4 Å². The van der Waals surface area contributed by atoms with Crippen molar-refractivity contribution in [1.29, 1.82) is 5.26 Å². The molecule has 0 spiro atoms. The van der Waals surface area contributed by atoms with E-state index >= 15 is 0 Å². The summed E-state index contributed by atoms with van der Waals surface area (Å²) in [6, 6.07) is 5.39. The van der Waals surface area contributed by atoms with Gasteiger partial charge >= 0.3 is 0 Å². The molecule has 0 fully saturated rings. The molecular weight excluding hydrogens is 188 g/mol. The van der Waals surface area contributed by atoms with Crippen molar-refractivity contribution < 1.29 is 0 Å². The van der Waals surface area contributed by atoms with Gasteiger partial charge in [0.05, 0.1) is 17.8 Å². The number of nitriles is 1. The lowest BCUT2D eigenvalue weighted by molar-refractivity contribution is 0.846. The molecule has 4 heteroatoms. The summed E-state index contributed by atoms with van der Waals surface area (Å²) in [6.07, 6.45) is 6.78. The van der Waals surface area contributed by atoms with Crippen LogP contribution < -0.4 is 0 Å². The normalized spacial score (nSPS) is 9.53. The van der Waals surface area contributed by atoms with Gasteiger partial charge in [0, 0.05) is 24.0 Å². The van der Waals surface area contributed by atoms with Crippen LogP contribution in [0.2, 0.25) is 0 Å². The lowest BCUT2D eigenvalue weighted by atomic mass is 10.3. The largest absolute Gasteiger partial charge is 0.237 e. The Kier molecular flexibility index (Phi) is 2.30. The average molecular weight is 196 g/mol. The summed E-state index contributed by atoms with van der Waals surface area (Å²) in [5.41, 5.74) is 1.48. The molecule has 2 aromatic rings. The van der Waals surface area contributed by atoms with Crippen molar-refractivity contribution in [3.05, 3.63) is 48.4 Å². The number of rotatable bonds is 2. The molecule has 0 aliphatic rings. The van der Waals surface area contributed by atoms with Crippen molar-refractivity contribution in [2.75, 3.05) is 0 Å². The van der Waals surface area contributed by atoms with Crippen LogP contribution in [0.15, 0.2) is 37.3 Å². The van der Waals surface area contributed by atoms with E-state index in [9.17, 15) is 0 Å². The third-order valence-corrected chi connectivity index (χ3v) is 1.95. The van der Waals surface area contributed by atoms with Crippen molar-refractivity contribution in [1.82, 2.24) is 14.8 Å². The van der Waals surface area contributed by atoms with Crippen LogP contribution in [0.5, 0.6) is 0 Å². The Morgan fingerprint density at radius 3 is 3.07 bits per heavy atom. The first-order valence-electron chi connectivity index (χ1n) is 4.37. The molecule has 2 rings (SSSR count). The SMILES string of the molecule is C=Cc1cnn(-c2cc(C#N)ccn2)c1. The van der Waals surface area contributed by atoms with Crippen LogP contribution in [-0.2, 0) is 0 Å². The molecule has 0 radical (unpaired) electrons. The number of aromatic nitrogens is 3. The summed E-state index contributed by atoms with van der Waals surface area (Å²) in [5.74, 6) is 0.627. The highest BCUT2D eigenvalue weighted by Crippen LogP contribution is 2.07. The molecule has 0 aliphatic heterocycles. The standard InChI is InChI=1S/C11H8N4/c1-2-9-7-14-15(8-9)11-5-10(6-12)3-4-13-11/h2-5,7-8H,1H2. The van der Waals surface area contributed by atoms with Crippen LogP contribution >= 0.6 is 0 Å². The van der Waals surface area contributed by atoms with E-state index in [0.717, 1.165) is 5.56 Å². The molecule has 0 bridgehead atoms. The minimum absolute atomic E-state index is 0.565. The predicted octanol–water partition coefficient (Wildman–Crippen LogP) is 1.78. The zero-order chi connectivity index (χ0) is 10.7. The van der Waals surface area contributed by atoms with Gasteiger partial charge in [0.25, 0.3) is 0 Å². The number of hydrogen-bond donors (Lipinski definition) is 0. The number of nitrogens with zero attached hydrogens (tertiary/aromatic N) is 4. The molecule has 0 saturated carbocycles. The Morgan fingerprint density at radius 1 is 1.53 bits per heavy atom. The topological polar surface area (TPSA) is 54.5 Å². The molecule has 0 aliphatic carbocycles. The maximum Gasteiger partial charge on any atom is 0.154 e. The van der Waals surface area contributed by atoms with E-state index in [-0.39, 0.29) is 0 Å². The molecule has 0 saturated heterocycles. The number of pyridine rings is 1. The first-order chi connectivity index (χ1) is 7.33. The van der Waals surface area contributed by atoms with Gasteiger partial charge in [0.1, 0.15) is 0 Å². The maximum absolute atomic E-state index is 8.74. The van der Waals surface area contributed by atoms with Gasteiger partial charge in [-0.05, 0) is 6.07 Å². The van der Waals surface area contributed by atoms with E-state index in [1.807, 2.05) is 0 Å². The minimum Gasteiger partial charge on any atom is -0.237 e. The van der Waals surface area contributed by atoms with Gasteiger partial charge in [-0.1, -0.05) is 12.7 Å². The van der Waals surface area contributed by atoms with E-state index < -0.39 is 0 Å². The quantitative estimate of drug-likeness (QED) is 0.735. The van der Waals surface area contributed by atoms with Gasteiger partial charge < -0.3 is 0 Å². The highest BCUT2D eigenvalue weighted by Gasteiger charge is 2.00. The molecule has 4 nitrogen and oxygen atoms in total. The highest BCUT2D eigenvalue weighted by atomic mass is 15.3. The second kappa shape index (κ2) is 3.76.